The fourth-order valence-corrected chi connectivity index (χ4v) is 1.72. The number of rotatable bonds is 13. The molecule has 0 bridgehead atoms. The summed E-state index contributed by atoms with van der Waals surface area (Å²) >= 11 is 0. The predicted octanol–water partition coefficient (Wildman–Crippen LogP) is 7.11. The minimum absolute atomic E-state index is 0.0853. The van der Waals surface area contributed by atoms with Crippen LogP contribution in [0, 0.1) is 0 Å². The zero-order valence-electron chi connectivity index (χ0n) is 15.4. The molecule has 186 valence electrons. The number of ether oxygens (including phenoxy) is 2. The van der Waals surface area contributed by atoms with Crippen molar-refractivity contribution in [2.24, 2.45) is 0 Å². The first-order valence-electron chi connectivity index (χ1n) is 8.19. The molecule has 0 heterocycles. The monoisotopic (exact) mass is 494 g/mol. The van der Waals surface area contributed by atoms with Gasteiger partial charge in [0.15, 0.2) is 6.61 Å². The average Bonchev–Trinajstić information content (AvgIpc) is 2.54. The average molecular weight is 494 g/mol. The van der Waals surface area contributed by atoms with E-state index in [-0.39, 0.29) is 12.8 Å². The Labute approximate surface area is 166 Å². The summed E-state index contributed by atoms with van der Waals surface area (Å²) in [5.74, 6) is -21.1. The van der Waals surface area contributed by atoms with Crippen molar-refractivity contribution in [3.63, 3.8) is 0 Å². The summed E-state index contributed by atoms with van der Waals surface area (Å²) in [6, 6.07) is 0. The van der Waals surface area contributed by atoms with Crippen molar-refractivity contribution in [1.29, 1.82) is 0 Å². The summed E-state index contributed by atoms with van der Waals surface area (Å²) < 4.78 is 184. The molecule has 0 saturated carbocycles. The van der Waals surface area contributed by atoms with E-state index in [1.807, 2.05) is 0 Å². The lowest BCUT2D eigenvalue weighted by atomic mass is 10.1. The number of hydrogen-bond donors (Lipinski definition) is 0. The van der Waals surface area contributed by atoms with Gasteiger partial charge in [0, 0.05) is 0 Å². The molecule has 0 radical (unpaired) electrons. The van der Waals surface area contributed by atoms with Crippen LogP contribution < -0.4 is 0 Å². The Bertz CT molecular complexity index is 583. The van der Waals surface area contributed by atoms with Crippen molar-refractivity contribution >= 4 is 0 Å². The van der Waals surface area contributed by atoms with E-state index in [0.717, 1.165) is 6.08 Å². The van der Waals surface area contributed by atoms with Crippen molar-refractivity contribution in [3.05, 3.63) is 12.3 Å². The molecule has 16 heteroatoms. The summed E-state index contributed by atoms with van der Waals surface area (Å²) in [6.07, 6.45) is -20.2. The van der Waals surface area contributed by atoms with E-state index in [9.17, 15) is 61.5 Å². The van der Waals surface area contributed by atoms with Crippen molar-refractivity contribution < 1.29 is 70.9 Å². The molecule has 0 saturated heterocycles. The molecule has 2 nitrogen and oxygen atoms in total. The molecule has 0 rings (SSSR count). The van der Waals surface area contributed by atoms with E-state index in [1.165, 1.54) is 6.92 Å². The van der Waals surface area contributed by atoms with Crippen LogP contribution >= 0.6 is 0 Å². The molecule has 0 unspecified atom stereocenters. The number of unbranched alkanes of at least 4 members (excludes halogenated alkanes) is 2. The zero-order chi connectivity index (χ0) is 24.9. The third-order valence-corrected chi connectivity index (χ3v) is 3.48. The molecule has 0 aliphatic rings. The van der Waals surface area contributed by atoms with Crippen molar-refractivity contribution in [3.8, 4) is 0 Å². The minimum Gasteiger partial charge on any atom is -0.495 e. The maximum atomic E-state index is 13.3. The minimum atomic E-state index is -7.67. The van der Waals surface area contributed by atoms with Crippen LogP contribution in [-0.4, -0.2) is 48.9 Å². The lowest BCUT2D eigenvalue weighted by Gasteiger charge is -2.36. The van der Waals surface area contributed by atoms with Crippen molar-refractivity contribution in [2.75, 3.05) is 6.61 Å². The number of alkyl halides is 14. The van der Waals surface area contributed by atoms with Crippen LogP contribution in [0.2, 0.25) is 0 Å². The van der Waals surface area contributed by atoms with Gasteiger partial charge in [0.2, 0.25) is 0 Å². The Morgan fingerprint density at radius 1 is 0.742 bits per heavy atom. The fourth-order valence-electron chi connectivity index (χ4n) is 1.72. The van der Waals surface area contributed by atoms with E-state index < -0.39 is 48.9 Å². The van der Waals surface area contributed by atoms with Gasteiger partial charge in [-0.25, -0.2) is 9.13 Å². The van der Waals surface area contributed by atoms with Crippen LogP contribution in [0.1, 0.15) is 32.6 Å². The molecular weight excluding hydrogens is 478 g/mol. The molecule has 0 N–H and O–H groups in total. The van der Waals surface area contributed by atoms with Gasteiger partial charge < -0.3 is 4.74 Å². The van der Waals surface area contributed by atoms with Crippen LogP contribution in [0.5, 0.6) is 0 Å². The first kappa shape index (κ1) is 29.5. The molecular formula is C15H16F14O2. The summed E-state index contributed by atoms with van der Waals surface area (Å²) in [5, 5.41) is 0. The van der Waals surface area contributed by atoms with E-state index in [1.54, 1.807) is 4.74 Å². The molecule has 31 heavy (non-hydrogen) atoms. The van der Waals surface area contributed by atoms with Gasteiger partial charge in [-0.15, -0.1) is 0 Å². The van der Waals surface area contributed by atoms with Crippen LogP contribution in [-0.2, 0) is 9.47 Å². The maximum Gasteiger partial charge on any atom is 0.460 e. The standard InChI is InChI=1S/C15H16F14O2/c1-9(16)6-4-2-3-5-7-30-8-10(17,18)14(26,27)31-15(28,29)12(21,22)11(19,20)13(23,24)25/h5,7,9H,2-4,6,8H2,1H3/t9-/m1/s1. The lowest BCUT2D eigenvalue weighted by molar-refractivity contribution is -0.503. The number of halogens is 14. The summed E-state index contributed by atoms with van der Waals surface area (Å²) in [4.78, 5) is 0. The van der Waals surface area contributed by atoms with E-state index in [2.05, 4.69) is 4.74 Å². The van der Waals surface area contributed by atoms with Crippen molar-refractivity contribution in [1.82, 2.24) is 0 Å². The summed E-state index contributed by atoms with van der Waals surface area (Å²) in [5.41, 5.74) is 0. The number of hydrogen-bond acceptors (Lipinski definition) is 2. The van der Waals surface area contributed by atoms with Gasteiger partial charge in [-0.3, -0.25) is 0 Å². The van der Waals surface area contributed by atoms with Gasteiger partial charge >= 0.3 is 36.2 Å². The Morgan fingerprint density at radius 3 is 1.71 bits per heavy atom. The zero-order valence-corrected chi connectivity index (χ0v) is 15.4. The van der Waals surface area contributed by atoms with Gasteiger partial charge in [-0.1, -0.05) is 6.42 Å². The second-order valence-electron chi connectivity index (χ2n) is 6.23. The Morgan fingerprint density at radius 2 is 1.26 bits per heavy atom. The Hall–Kier alpha value is -1.48. The maximum absolute atomic E-state index is 13.3. The van der Waals surface area contributed by atoms with Gasteiger partial charge in [-0.2, -0.15) is 57.1 Å². The normalized spacial score (nSPS) is 16.1. The highest BCUT2D eigenvalue weighted by Gasteiger charge is 2.84. The van der Waals surface area contributed by atoms with Gasteiger partial charge in [-0.05, 0) is 32.3 Å². The second kappa shape index (κ2) is 9.98. The van der Waals surface area contributed by atoms with Gasteiger partial charge in [0.05, 0.1) is 12.4 Å². The predicted molar refractivity (Wildman–Crippen MR) is 76.0 cm³/mol. The Balaban J connectivity index is 5.11. The first-order valence-corrected chi connectivity index (χ1v) is 8.19. The van der Waals surface area contributed by atoms with Gasteiger partial charge in [0.25, 0.3) is 0 Å². The Kier molecular flexibility index (Phi) is 9.50. The topological polar surface area (TPSA) is 18.5 Å². The highest BCUT2D eigenvalue weighted by Crippen LogP contribution is 2.55. The van der Waals surface area contributed by atoms with E-state index in [0.29, 0.717) is 19.1 Å². The molecule has 0 amide bonds. The summed E-state index contributed by atoms with van der Waals surface area (Å²) in [6.45, 7) is -1.22. The summed E-state index contributed by atoms with van der Waals surface area (Å²) in [7, 11) is 0. The highest BCUT2D eigenvalue weighted by molar-refractivity contribution is 4.97. The molecule has 0 aromatic heterocycles. The third-order valence-electron chi connectivity index (χ3n) is 3.48. The highest BCUT2D eigenvalue weighted by atomic mass is 19.4. The molecule has 0 fully saturated rings. The van der Waals surface area contributed by atoms with Crippen LogP contribution in [0.15, 0.2) is 12.3 Å². The van der Waals surface area contributed by atoms with Crippen LogP contribution in [0.4, 0.5) is 61.5 Å². The molecule has 0 aliphatic heterocycles. The van der Waals surface area contributed by atoms with E-state index in [4.69, 9.17) is 0 Å². The molecule has 0 aromatic rings. The SMILES string of the molecule is C[C@@H](F)CCCCC=COCC(F)(F)C(F)(F)OC(F)(F)C(F)(F)C(F)(F)C(F)(F)F. The smallest absolute Gasteiger partial charge is 0.460 e. The number of allylic oxidation sites excluding steroid dienone is 1. The van der Waals surface area contributed by atoms with Crippen molar-refractivity contribution in [2.45, 2.75) is 74.9 Å². The van der Waals surface area contributed by atoms with E-state index >= 15 is 0 Å². The van der Waals surface area contributed by atoms with Gasteiger partial charge in [0.1, 0.15) is 0 Å². The first-order chi connectivity index (χ1) is 13.6. The third kappa shape index (κ3) is 7.27. The quantitative estimate of drug-likeness (QED) is 0.154. The lowest BCUT2D eigenvalue weighted by Crippen LogP contribution is -2.64. The molecule has 0 aromatic carbocycles. The molecule has 0 spiro atoms. The van der Waals surface area contributed by atoms with Crippen LogP contribution in [0.3, 0.4) is 0 Å². The van der Waals surface area contributed by atoms with Crippen LogP contribution in [0.25, 0.3) is 0 Å². The molecule has 1 atom stereocenters. The largest absolute Gasteiger partial charge is 0.495 e. The molecule has 0 aliphatic carbocycles. The fraction of sp³-hybridized carbons (Fsp3) is 0.867. The second-order valence-corrected chi connectivity index (χ2v) is 6.23.